The van der Waals surface area contributed by atoms with Gasteiger partial charge in [-0.15, -0.1) is 0 Å². The quantitative estimate of drug-likeness (QED) is 0.799. The first-order valence-electron chi connectivity index (χ1n) is 10.0. The largest absolute Gasteiger partial charge is 0.351 e. The van der Waals surface area contributed by atoms with Gasteiger partial charge in [-0.1, -0.05) is 24.3 Å². The van der Waals surface area contributed by atoms with Crippen LogP contribution in [-0.2, 0) is 22.4 Å². The molecule has 1 aliphatic heterocycles. The van der Waals surface area contributed by atoms with Crippen LogP contribution in [0.1, 0.15) is 37.8 Å². The predicted molar refractivity (Wildman–Crippen MR) is 107 cm³/mol. The minimum atomic E-state index is -0.260. The molecule has 1 aromatic carbocycles. The van der Waals surface area contributed by atoms with Crippen LogP contribution in [0, 0.1) is 11.8 Å². The molecule has 1 heterocycles. The van der Waals surface area contributed by atoms with Crippen LogP contribution in [0.15, 0.2) is 24.3 Å². The molecule has 5 heteroatoms. The van der Waals surface area contributed by atoms with Crippen molar-refractivity contribution in [3.8, 4) is 0 Å². The smallest absolute Gasteiger partial charge is 0.225 e. The molecule has 3 rings (SSSR count). The third-order valence-electron chi connectivity index (χ3n) is 5.80. The second kappa shape index (κ2) is 8.01. The SMILES string of the molecule is CN(C)CCN1CC(C(=O)NC(C)(C)CC2Cc3ccccc3C2)CC1=O. The number of fused-ring (bicyclic) bond motifs is 1. The number of rotatable bonds is 7. The summed E-state index contributed by atoms with van der Waals surface area (Å²) in [6.07, 6.45) is 3.48. The maximum absolute atomic E-state index is 12.8. The van der Waals surface area contributed by atoms with Crippen LogP contribution < -0.4 is 5.32 Å². The van der Waals surface area contributed by atoms with Gasteiger partial charge in [-0.3, -0.25) is 9.59 Å². The summed E-state index contributed by atoms with van der Waals surface area (Å²) in [5.74, 6) is 0.469. The van der Waals surface area contributed by atoms with Gasteiger partial charge < -0.3 is 15.1 Å². The number of hydrogen-bond acceptors (Lipinski definition) is 3. The number of likely N-dealkylation sites (tertiary alicyclic amines) is 1. The van der Waals surface area contributed by atoms with E-state index < -0.39 is 0 Å². The van der Waals surface area contributed by atoms with Crippen LogP contribution in [-0.4, -0.2) is 60.9 Å². The zero-order valence-corrected chi connectivity index (χ0v) is 17.1. The highest BCUT2D eigenvalue weighted by Gasteiger charge is 2.37. The minimum absolute atomic E-state index is 0.0243. The van der Waals surface area contributed by atoms with Crippen molar-refractivity contribution < 1.29 is 9.59 Å². The second-order valence-corrected chi connectivity index (χ2v) is 9.16. The van der Waals surface area contributed by atoms with Gasteiger partial charge in [0.15, 0.2) is 0 Å². The van der Waals surface area contributed by atoms with Gasteiger partial charge in [-0.25, -0.2) is 0 Å². The van der Waals surface area contributed by atoms with E-state index in [1.807, 2.05) is 19.0 Å². The molecule has 0 saturated carbocycles. The first-order chi connectivity index (χ1) is 12.7. The number of benzene rings is 1. The molecule has 2 amide bonds. The van der Waals surface area contributed by atoms with Gasteiger partial charge in [0.1, 0.15) is 0 Å². The van der Waals surface area contributed by atoms with Gasteiger partial charge in [-0.05, 0) is 64.3 Å². The summed E-state index contributed by atoms with van der Waals surface area (Å²) in [5, 5.41) is 3.23. The number of amides is 2. The molecule has 1 atom stereocenters. The van der Waals surface area contributed by atoms with Crippen LogP contribution in [0.5, 0.6) is 0 Å². The molecule has 27 heavy (non-hydrogen) atoms. The van der Waals surface area contributed by atoms with Crippen molar-refractivity contribution >= 4 is 11.8 Å². The average Bonchev–Trinajstić information content (AvgIpc) is 3.14. The summed E-state index contributed by atoms with van der Waals surface area (Å²) in [4.78, 5) is 28.9. The highest BCUT2D eigenvalue weighted by molar-refractivity contribution is 5.89. The monoisotopic (exact) mass is 371 g/mol. The lowest BCUT2D eigenvalue weighted by Gasteiger charge is -2.30. The van der Waals surface area contributed by atoms with Crippen molar-refractivity contribution in [2.75, 3.05) is 33.7 Å². The van der Waals surface area contributed by atoms with Gasteiger partial charge in [0.2, 0.25) is 11.8 Å². The fourth-order valence-electron chi connectivity index (χ4n) is 4.49. The molecule has 1 aromatic rings. The Labute approximate surface area is 163 Å². The van der Waals surface area contributed by atoms with Crippen LogP contribution in [0.2, 0.25) is 0 Å². The first-order valence-corrected chi connectivity index (χ1v) is 10.0. The first kappa shape index (κ1) is 19.9. The van der Waals surface area contributed by atoms with Gasteiger partial charge in [0, 0.05) is 31.6 Å². The number of hydrogen-bond donors (Lipinski definition) is 1. The van der Waals surface area contributed by atoms with Crippen molar-refractivity contribution in [3.63, 3.8) is 0 Å². The molecule has 0 bridgehead atoms. The second-order valence-electron chi connectivity index (χ2n) is 9.16. The van der Waals surface area contributed by atoms with E-state index in [2.05, 4.69) is 48.3 Å². The van der Waals surface area contributed by atoms with E-state index in [1.165, 1.54) is 11.1 Å². The normalized spacial score (nSPS) is 20.4. The molecule has 0 radical (unpaired) electrons. The van der Waals surface area contributed by atoms with E-state index >= 15 is 0 Å². The highest BCUT2D eigenvalue weighted by atomic mass is 16.2. The summed E-state index contributed by atoms with van der Waals surface area (Å²) in [5.41, 5.74) is 2.63. The molecule has 1 fully saturated rings. The van der Waals surface area contributed by atoms with Crippen LogP contribution in [0.3, 0.4) is 0 Å². The molecule has 5 nitrogen and oxygen atoms in total. The standard InChI is InChI=1S/C22H33N3O2/c1-22(2,14-16-11-17-7-5-6-8-18(17)12-16)23-21(27)19-13-20(26)25(15-19)10-9-24(3)4/h5-8,16,19H,9-15H2,1-4H3,(H,23,27). The number of carbonyl (C=O) groups is 2. The van der Waals surface area contributed by atoms with E-state index in [0.29, 0.717) is 25.4 Å². The summed E-state index contributed by atoms with van der Waals surface area (Å²) in [6.45, 7) is 6.28. The topological polar surface area (TPSA) is 52.6 Å². The molecule has 1 N–H and O–H groups in total. The molecule has 148 valence electrons. The summed E-state index contributed by atoms with van der Waals surface area (Å²) < 4.78 is 0. The minimum Gasteiger partial charge on any atom is -0.351 e. The van der Waals surface area contributed by atoms with Gasteiger partial charge in [0.25, 0.3) is 0 Å². The van der Waals surface area contributed by atoms with Crippen LogP contribution in [0.25, 0.3) is 0 Å². The zero-order valence-electron chi connectivity index (χ0n) is 17.1. The van der Waals surface area contributed by atoms with E-state index in [9.17, 15) is 9.59 Å². The Morgan fingerprint density at radius 1 is 1.19 bits per heavy atom. The fourth-order valence-corrected chi connectivity index (χ4v) is 4.49. The average molecular weight is 372 g/mol. The van der Waals surface area contributed by atoms with Crippen molar-refractivity contribution in [2.45, 2.75) is 45.1 Å². The molecule has 2 aliphatic rings. The fraction of sp³-hybridized carbons (Fsp3) is 0.636. The van der Waals surface area contributed by atoms with Gasteiger partial charge in [-0.2, -0.15) is 0 Å². The number of nitrogens with zero attached hydrogens (tertiary/aromatic N) is 2. The van der Waals surface area contributed by atoms with E-state index in [0.717, 1.165) is 25.8 Å². The van der Waals surface area contributed by atoms with E-state index in [4.69, 9.17) is 0 Å². The van der Waals surface area contributed by atoms with Crippen molar-refractivity contribution in [1.82, 2.24) is 15.1 Å². The lowest BCUT2D eigenvalue weighted by Crippen LogP contribution is -2.47. The number of carbonyl (C=O) groups excluding carboxylic acids is 2. The highest BCUT2D eigenvalue weighted by Crippen LogP contribution is 2.32. The predicted octanol–water partition coefficient (Wildman–Crippen LogP) is 2.10. The third-order valence-corrected chi connectivity index (χ3v) is 5.80. The number of nitrogens with one attached hydrogen (secondary N) is 1. The van der Waals surface area contributed by atoms with Crippen LogP contribution in [0.4, 0.5) is 0 Å². The van der Waals surface area contributed by atoms with E-state index in [-0.39, 0.29) is 23.3 Å². The Balaban J connectivity index is 1.50. The zero-order chi connectivity index (χ0) is 19.6. The van der Waals surface area contributed by atoms with Gasteiger partial charge >= 0.3 is 0 Å². The molecular formula is C22H33N3O2. The Hall–Kier alpha value is -1.88. The van der Waals surface area contributed by atoms with E-state index in [1.54, 1.807) is 0 Å². The molecular weight excluding hydrogens is 338 g/mol. The number of likely N-dealkylation sites (N-methyl/N-ethyl adjacent to an activating group) is 1. The van der Waals surface area contributed by atoms with Crippen LogP contribution >= 0.6 is 0 Å². The summed E-state index contributed by atoms with van der Waals surface area (Å²) in [6, 6.07) is 8.64. The molecule has 0 spiro atoms. The van der Waals surface area contributed by atoms with Crippen molar-refractivity contribution in [3.05, 3.63) is 35.4 Å². The molecule has 1 unspecified atom stereocenters. The third kappa shape index (κ3) is 5.10. The Morgan fingerprint density at radius 2 is 1.81 bits per heavy atom. The maximum atomic E-state index is 12.8. The molecule has 0 aromatic heterocycles. The lowest BCUT2D eigenvalue weighted by atomic mass is 9.88. The lowest BCUT2D eigenvalue weighted by molar-refractivity contribution is -0.129. The van der Waals surface area contributed by atoms with Gasteiger partial charge in [0.05, 0.1) is 5.92 Å². The molecule has 1 aliphatic carbocycles. The Bertz CT molecular complexity index is 674. The summed E-state index contributed by atoms with van der Waals surface area (Å²) >= 11 is 0. The molecule has 1 saturated heterocycles. The Kier molecular flexibility index (Phi) is 5.89. The van der Waals surface area contributed by atoms with Crippen molar-refractivity contribution in [1.29, 1.82) is 0 Å². The maximum Gasteiger partial charge on any atom is 0.225 e. The van der Waals surface area contributed by atoms with Crippen molar-refractivity contribution in [2.24, 2.45) is 11.8 Å². The Morgan fingerprint density at radius 3 is 2.41 bits per heavy atom. The summed E-state index contributed by atoms with van der Waals surface area (Å²) in [7, 11) is 3.99.